The molecule has 1 aromatic rings. The largest absolute Gasteiger partial charge is 0.361 e. The molecule has 0 atom stereocenters. The number of nitrogens with one attached hydrogen (secondary N) is 1. The Bertz CT molecular complexity index is 439. The van der Waals surface area contributed by atoms with Gasteiger partial charge in [-0.1, -0.05) is 25.5 Å². The highest BCUT2D eigenvalue weighted by atomic mass is 16.6. The summed E-state index contributed by atoms with van der Waals surface area (Å²) in [6.45, 7) is 2.91. The van der Waals surface area contributed by atoms with Crippen molar-refractivity contribution in [3.8, 4) is 0 Å². The van der Waals surface area contributed by atoms with Gasteiger partial charge in [-0.05, 0) is 6.42 Å². The van der Waals surface area contributed by atoms with Crippen LogP contribution in [0.5, 0.6) is 0 Å². The summed E-state index contributed by atoms with van der Waals surface area (Å²) in [4.78, 5) is 10.7. The van der Waals surface area contributed by atoms with Crippen molar-refractivity contribution in [2.24, 2.45) is 12.8 Å². The molecule has 7 heteroatoms. The third kappa shape index (κ3) is 3.30. The number of rotatable bonds is 7. The van der Waals surface area contributed by atoms with E-state index in [1.54, 1.807) is 13.1 Å². The van der Waals surface area contributed by atoms with E-state index in [2.05, 4.69) is 10.4 Å². The lowest BCUT2D eigenvalue weighted by molar-refractivity contribution is -0.384. The molecule has 0 aromatic carbocycles. The topological polar surface area (TPSA) is 99.0 Å². The number of nitrogens with zero attached hydrogens (tertiary/aromatic N) is 3. The van der Waals surface area contributed by atoms with Crippen molar-refractivity contribution in [3.63, 3.8) is 0 Å². The van der Waals surface area contributed by atoms with E-state index in [1.807, 2.05) is 13.0 Å². The van der Waals surface area contributed by atoms with Crippen LogP contribution >= 0.6 is 0 Å². The molecule has 0 amide bonds. The van der Waals surface area contributed by atoms with E-state index < -0.39 is 0 Å². The first kappa shape index (κ1) is 14.2. The fraction of sp³-hybridized carbons (Fsp3) is 0.545. The number of nitro groups is 1. The van der Waals surface area contributed by atoms with Crippen molar-refractivity contribution >= 4 is 11.5 Å². The van der Waals surface area contributed by atoms with Crippen molar-refractivity contribution < 1.29 is 4.92 Å². The van der Waals surface area contributed by atoms with E-state index in [4.69, 9.17) is 5.73 Å². The van der Waals surface area contributed by atoms with Crippen LogP contribution in [0.25, 0.3) is 0 Å². The number of aromatic nitrogens is 2. The lowest BCUT2D eigenvalue weighted by atomic mass is 10.2. The van der Waals surface area contributed by atoms with Crippen LogP contribution in [0, 0.1) is 10.1 Å². The molecule has 3 N–H and O–H groups in total. The maximum Gasteiger partial charge on any atom is 0.333 e. The average Bonchev–Trinajstić information content (AvgIpc) is 2.62. The first-order valence-corrected chi connectivity index (χ1v) is 5.91. The first-order chi connectivity index (χ1) is 8.61. The second-order valence-electron chi connectivity index (χ2n) is 3.86. The van der Waals surface area contributed by atoms with Gasteiger partial charge in [0.1, 0.15) is 5.69 Å². The van der Waals surface area contributed by atoms with Crippen molar-refractivity contribution in [1.29, 1.82) is 0 Å². The van der Waals surface area contributed by atoms with Gasteiger partial charge < -0.3 is 11.1 Å². The fourth-order valence-electron chi connectivity index (χ4n) is 1.70. The van der Waals surface area contributed by atoms with Gasteiger partial charge in [-0.25, -0.2) is 4.68 Å². The number of hydrogen-bond donors (Lipinski definition) is 2. The monoisotopic (exact) mass is 253 g/mol. The zero-order chi connectivity index (χ0) is 13.5. The van der Waals surface area contributed by atoms with Crippen LogP contribution in [0.4, 0.5) is 11.5 Å². The molecule has 0 fully saturated rings. The lowest BCUT2D eigenvalue weighted by Crippen LogP contribution is -2.06. The van der Waals surface area contributed by atoms with Crippen LogP contribution in [-0.4, -0.2) is 27.8 Å². The van der Waals surface area contributed by atoms with E-state index in [-0.39, 0.29) is 10.6 Å². The third-order valence-corrected chi connectivity index (χ3v) is 2.45. The minimum atomic E-state index is -0.382. The van der Waals surface area contributed by atoms with Crippen LogP contribution < -0.4 is 11.1 Å². The van der Waals surface area contributed by atoms with Gasteiger partial charge in [-0.3, -0.25) is 10.1 Å². The van der Waals surface area contributed by atoms with E-state index in [0.717, 1.165) is 6.42 Å². The van der Waals surface area contributed by atoms with Crippen LogP contribution in [0.1, 0.15) is 19.0 Å². The zero-order valence-corrected chi connectivity index (χ0v) is 10.7. The van der Waals surface area contributed by atoms with Gasteiger partial charge in [-0.2, -0.15) is 5.10 Å². The summed E-state index contributed by atoms with van der Waals surface area (Å²) >= 11 is 0. The molecule has 0 bridgehead atoms. The zero-order valence-electron chi connectivity index (χ0n) is 10.7. The molecular weight excluding hydrogens is 234 g/mol. The molecule has 1 rings (SSSR count). The second-order valence-corrected chi connectivity index (χ2v) is 3.86. The smallest absolute Gasteiger partial charge is 0.333 e. The molecule has 0 unspecified atom stereocenters. The lowest BCUT2D eigenvalue weighted by Gasteiger charge is -2.02. The summed E-state index contributed by atoms with van der Waals surface area (Å²) in [7, 11) is 1.70. The Kier molecular flexibility index (Phi) is 5.31. The molecular formula is C11H19N5O2. The molecule has 0 aliphatic rings. The van der Waals surface area contributed by atoms with E-state index in [1.165, 1.54) is 4.68 Å². The minimum Gasteiger partial charge on any atom is -0.361 e. The van der Waals surface area contributed by atoms with Gasteiger partial charge in [0.05, 0.1) is 4.92 Å². The highest BCUT2D eigenvalue weighted by Crippen LogP contribution is 2.28. The van der Waals surface area contributed by atoms with Gasteiger partial charge in [0.25, 0.3) is 0 Å². The Labute approximate surface area is 106 Å². The maximum absolute atomic E-state index is 11.1. The average molecular weight is 253 g/mol. The van der Waals surface area contributed by atoms with Crippen molar-refractivity contribution in [2.75, 3.05) is 18.4 Å². The van der Waals surface area contributed by atoms with Gasteiger partial charge >= 0.3 is 5.69 Å². The first-order valence-electron chi connectivity index (χ1n) is 5.91. The van der Waals surface area contributed by atoms with Gasteiger partial charge in [0.15, 0.2) is 0 Å². The van der Waals surface area contributed by atoms with Crippen molar-refractivity contribution in [2.45, 2.75) is 19.8 Å². The number of aryl methyl sites for hydroxylation is 2. The number of nitrogens with two attached hydrogens (primary N) is 1. The van der Waals surface area contributed by atoms with Gasteiger partial charge in [-0.15, -0.1) is 0 Å². The Balaban J connectivity index is 2.94. The van der Waals surface area contributed by atoms with Crippen LogP contribution in [0.15, 0.2) is 12.2 Å². The molecule has 7 nitrogen and oxygen atoms in total. The van der Waals surface area contributed by atoms with Crippen LogP contribution in [0.3, 0.4) is 0 Å². The highest BCUT2D eigenvalue weighted by Gasteiger charge is 2.25. The number of anilines is 1. The standard InChI is InChI=1S/C11H19N5O2/c1-3-6-9-10(16(17)18)11(15(2)14-9)13-8-5-4-7-12/h4-5,13H,3,6-8,12H2,1-2H3/b5-4+. The predicted octanol–water partition coefficient (Wildman–Crippen LogP) is 1.21. The molecule has 1 aromatic heterocycles. The molecule has 18 heavy (non-hydrogen) atoms. The quantitative estimate of drug-likeness (QED) is 0.432. The molecule has 100 valence electrons. The molecule has 0 aliphatic carbocycles. The predicted molar refractivity (Wildman–Crippen MR) is 70.5 cm³/mol. The normalized spacial score (nSPS) is 11.1. The fourth-order valence-corrected chi connectivity index (χ4v) is 1.70. The summed E-state index contributed by atoms with van der Waals surface area (Å²) < 4.78 is 1.51. The Morgan fingerprint density at radius 3 is 2.83 bits per heavy atom. The van der Waals surface area contributed by atoms with Gasteiger partial charge in [0, 0.05) is 20.1 Å². The van der Waals surface area contributed by atoms with Crippen LogP contribution in [0.2, 0.25) is 0 Å². The molecule has 0 spiro atoms. The summed E-state index contributed by atoms with van der Waals surface area (Å²) in [5, 5.41) is 18.3. The summed E-state index contributed by atoms with van der Waals surface area (Å²) in [5.41, 5.74) is 5.91. The number of hydrogen-bond acceptors (Lipinski definition) is 5. The maximum atomic E-state index is 11.1. The summed E-state index contributed by atoms with van der Waals surface area (Å²) in [5.74, 6) is 0.435. The molecule has 0 aliphatic heterocycles. The van der Waals surface area contributed by atoms with Crippen molar-refractivity contribution in [3.05, 3.63) is 28.0 Å². The van der Waals surface area contributed by atoms with E-state index >= 15 is 0 Å². The Hall–Kier alpha value is -1.89. The van der Waals surface area contributed by atoms with E-state index in [0.29, 0.717) is 31.0 Å². The Morgan fingerprint density at radius 1 is 1.56 bits per heavy atom. The molecule has 0 radical (unpaired) electrons. The summed E-state index contributed by atoms with van der Waals surface area (Å²) in [6.07, 6.45) is 5.05. The minimum absolute atomic E-state index is 0.0699. The van der Waals surface area contributed by atoms with E-state index in [9.17, 15) is 10.1 Å². The van der Waals surface area contributed by atoms with Gasteiger partial charge in [0.2, 0.25) is 5.82 Å². The SMILES string of the molecule is CCCc1nn(C)c(NC/C=C/CN)c1[N+](=O)[O-]. The second kappa shape index (κ2) is 6.75. The van der Waals surface area contributed by atoms with Crippen molar-refractivity contribution in [1.82, 2.24) is 9.78 Å². The van der Waals surface area contributed by atoms with Crippen LogP contribution in [-0.2, 0) is 13.5 Å². The molecule has 0 saturated heterocycles. The molecule has 0 saturated carbocycles. The Morgan fingerprint density at radius 2 is 2.28 bits per heavy atom. The summed E-state index contributed by atoms with van der Waals surface area (Å²) in [6, 6.07) is 0. The molecule has 1 heterocycles. The highest BCUT2D eigenvalue weighted by molar-refractivity contribution is 5.60. The third-order valence-electron chi connectivity index (χ3n) is 2.45.